The van der Waals surface area contributed by atoms with Crippen LogP contribution in [0.3, 0.4) is 0 Å². The number of aromatic nitrogens is 1. The molecule has 3 atom stereocenters. The summed E-state index contributed by atoms with van der Waals surface area (Å²) in [5, 5.41) is 20.6. The van der Waals surface area contributed by atoms with Crippen molar-refractivity contribution in [3.8, 4) is 0 Å². The molecule has 2 N–H and O–H groups in total. The second kappa shape index (κ2) is 11.1. The summed E-state index contributed by atoms with van der Waals surface area (Å²) in [7, 11) is 0. The zero-order valence-electron chi connectivity index (χ0n) is 16.4. The largest absolute Gasteiger partial charge is 0.476 e. The molecule has 1 aliphatic rings. The van der Waals surface area contributed by atoms with Gasteiger partial charge in [-0.2, -0.15) is 8.78 Å². The zero-order valence-corrected chi connectivity index (χ0v) is 18.1. The van der Waals surface area contributed by atoms with Crippen molar-refractivity contribution in [3.63, 3.8) is 0 Å². The SMILES string of the molecule is C[C@@](O)(CC=CC1CCC(=O)[C@@H]1CCSc1nc(C(=O)O)cs1)CCC(F)=C(F)F. The third kappa shape index (κ3) is 7.55. The Kier molecular flexibility index (Phi) is 9.11. The number of thiazole rings is 1. The van der Waals surface area contributed by atoms with E-state index in [2.05, 4.69) is 4.98 Å². The van der Waals surface area contributed by atoms with Crippen LogP contribution in [0.25, 0.3) is 0 Å². The first kappa shape index (κ1) is 24.6. The second-order valence-corrected chi connectivity index (χ2v) is 9.71. The number of Topliss-reactive ketones (excluding diaryl/α,β-unsaturated/α-hetero) is 1. The van der Waals surface area contributed by atoms with Crippen LogP contribution in [0, 0.1) is 11.8 Å². The van der Waals surface area contributed by atoms with Crippen LogP contribution in [0.1, 0.15) is 55.9 Å². The number of allylic oxidation sites excluding steroid dienone is 2. The molecule has 30 heavy (non-hydrogen) atoms. The van der Waals surface area contributed by atoms with E-state index in [4.69, 9.17) is 5.11 Å². The van der Waals surface area contributed by atoms with Crippen molar-refractivity contribution >= 4 is 34.9 Å². The average molecular weight is 464 g/mol. The third-order valence-corrected chi connectivity index (χ3v) is 7.09. The smallest absolute Gasteiger partial charge is 0.355 e. The predicted octanol–water partition coefficient (Wildman–Crippen LogP) is 5.47. The number of aromatic carboxylic acids is 1. The summed E-state index contributed by atoms with van der Waals surface area (Å²) in [4.78, 5) is 27.1. The minimum absolute atomic E-state index is 0.0110. The molecule has 0 spiro atoms. The fourth-order valence-corrected chi connectivity index (χ4v) is 5.20. The molecule has 0 bridgehead atoms. The van der Waals surface area contributed by atoms with Gasteiger partial charge in [-0.3, -0.25) is 4.79 Å². The lowest BCUT2D eigenvalue weighted by Crippen LogP contribution is -2.23. The monoisotopic (exact) mass is 463 g/mol. The molecule has 166 valence electrons. The van der Waals surface area contributed by atoms with Crippen LogP contribution in [0.4, 0.5) is 13.2 Å². The fraction of sp³-hybridized carbons (Fsp3) is 0.550. The van der Waals surface area contributed by atoms with Gasteiger partial charge in [0.1, 0.15) is 5.78 Å². The normalized spacial score (nSPS) is 21.2. The maximum atomic E-state index is 12.9. The number of hydrogen-bond donors (Lipinski definition) is 2. The minimum atomic E-state index is -2.36. The number of thioether (sulfide) groups is 1. The number of carboxylic acid groups (broad SMARTS) is 1. The van der Waals surface area contributed by atoms with E-state index in [0.29, 0.717) is 29.4 Å². The van der Waals surface area contributed by atoms with Gasteiger partial charge in [-0.05, 0) is 38.5 Å². The van der Waals surface area contributed by atoms with Gasteiger partial charge in [-0.15, -0.1) is 11.3 Å². The summed E-state index contributed by atoms with van der Waals surface area (Å²) in [6.45, 7) is 1.47. The lowest BCUT2D eigenvalue weighted by atomic mass is 9.90. The van der Waals surface area contributed by atoms with Crippen LogP contribution in [-0.4, -0.2) is 38.3 Å². The molecule has 0 aliphatic heterocycles. The number of rotatable bonds is 11. The first-order chi connectivity index (χ1) is 14.1. The van der Waals surface area contributed by atoms with E-state index in [1.54, 1.807) is 6.08 Å². The van der Waals surface area contributed by atoms with Crippen LogP contribution in [-0.2, 0) is 4.79 Å². The fourth-order valence-electron chi connectivity index (χ4n) is 3.31. The number of nitrogens with zero attached hydrogens (tertiary/aromatic N) is 1. The van der Waals surface area contributed by atoms with E-state index in [-0.39, 0.29) is 36.2 Å². The Balaban J connectivity index is 1.83. The van der Waals surface area contributed by atoms with E-state index in [0.717, 1.165) is 0 Å². The van der Waals surface area contributed by atoms with Crippen LogP contribution >= 0.6 is 23.1 Å². The molecule has 1 saturated carbocycles. The molecule has 1 heterocycles. The van der Waals surface area contributed by atoms with Gasteiger partial charge < -0.3 is 10.2 Å². The van der Waals surface area contributed by atoms with Crippen LogP contribution < -0.4 is 0 Å². The van der Waals surface area contributed by atoms with Gasteiger partial charge in [-0.25, -0.2) is 14.2 Å². The molecule has 1 aromatic rings. The highest BCUT2D eigenvalue weighted by Crippen LogP contribution is 2.35. The van der Waals surface area contributed by atoms with Crippen molar-refractivity contribution in [2.75, 3.05) is 5.75 Å². The van der Waals surface area contributed by atoms with E-state index in [1.807, 2.05) is 6.08 Å². The quantitative estimate of drug-likeness (QED) is 0.334. The number of carbonyl (C=O) groups is 2. The minimum Gasteiger partial charge on any atom is -0.476 e. The van der Waals surface area contributed by atoms with Gasteiger partial charge in [0, 0.05) is 29.9 Å². The first-order valence-corrected chi connectivity index (χ1v) is 11.4. The molecule has 1 fully saturated rings. The van der Waals surface area contributed by atoms with Gasteiger partial charge >= 0.3 is 12.0 Å². The van der Waals surface area contributed by atoms with Gasteiger partial charge in [-0.1, -0.05) is 23.9 Å². The summed E-state index contributed by atoms with van der Waals surface area (Å²) in [5.41, 5.74) is -1.30. The van der Waals surface area contributed by atoms with Crippen molar-refractivity contribution in [2.45, 2.75) is 55.4 Å². The van der Waals surface area contributed by atoms with Crippen molar-refractivity contribution in [1.29, 1.82) is 0 Å². The van der Waals surface area contributed by atoms with Crippen molar-refractivity contribution < 1.29 is 33.0 Å². The highest BCUT2D eigenvalue weighted by atomic mass is 32.2. The lowest BCUT2D eigenvalue weighted by Gasteiger charge is -2.21. The third-order valence-electron chi connectivity index (χ3n) is 5.04. The number of hydrogen-bond acceptors (Lipinski definition) is 6. The highest BCUT2D eigenvalue weighted by molar-refractivity contribution is 8.01. The maximum absolute atomic E-state index is 12.9. The van der Waals surface area contributed by atoms with Crippen LogP contribution in [0.15, 0.2) is 33.8 Å². The molecule has 0 saturated heterocycles. The Hall–Kier alpha value is -1.65. The molecule has 1 aliphatic carbocycles. The summed E-state index contributed by atoms with van der Waals surface area (Å²) in [6, 6.07) is 0. The van der Waals surface area contributed by atoms with Crippen molar-refractivity contribution in [3.05, 3.63) is 35.1 Å². The number of halogens is 3. The number of aliphatic hydroxyl groups is 1. The number of ketones is 1. The molecule has 5 nitrogen and oxygen atoms in total. The first-order valence-electron chi connectivity index (χ1n) is 9.52. The summed E-state index contributed by atoms with van der Waals surface area (Å²) in [5.74, 6) is -1.90. The standard InChI is InChI=1S/C20H24F3NO4S2/c1-20(28,9-6-14(21)17(22)23)8-2-3-12-4-5-16(25)13(12)7-10-29-19-24-15(11-30-19)18(26)27/h2-3,11-13,28H,4-10H2,1H3,(H,26,27)/t12?,13-,20-/m1/s1. The Labute approximate surface area is 181 Å². The molecule has 0 amide bonds. The van der Waals surface area contributed by atoms with E-state index in [1.165, 1.54) is 35.4 Å². The van der Waals surface area contributed by atoms with Crippen LogP contribution in [0.2, 0.25) is 0 Å². The summed E-state index contributed by atoms with van der Waals surface area (Å²) < 4.78 is 37.8. The molecular weight excluding hydrogens is 439 g/mol. The Morgan fingerprint density at radius 3 is 2.80 bits per heavy atom. The van der Waals surface area contributed by atoms with Crippen molar-refractivity contribution in [1.82, 2.24) is 4.98 Å². The van der Waals surface area contributed by atoms with Crippen molar-refractivity contribution in [2.24, 2.45) is 11.8 Å². The number of carbonyl (C=O) groups excluding carboxylic acids is 1. The predicted molar refractivity (Wildman–Crippen MR) is 110 cm³/mol. The molecule has 1 aromatic heterocycles. The zero-order chi connectivity index (χ0) is 22.3. The molecule has 10 heteroatoms. The molecule has 2 rings (SSSR count). The Morgan fingerprint density at radius 2 is 2.17 bits per heavy atom. The highest BCUT2D eigenvalue weighted by Gasteiger charge is 2.32. The Morgan fingerprint density at radius 1 is 1.43 bits per heavy atom. The van der Waals surface area contributed by atoms with E-state index < -0.39 is 29.9 Å². The van der Waals surface area contributed by atoms with Gasteiger partial charge in [0.2, 0.25) is 0 Å². The van der Waals surface area contributed by atoms with E-state index >= 15 is 0 Å². The molecule has 1 unspecified atom stereocenters. The average Bonchev–Trinajstić information content (AvgIpc) is 3.28. The molecular formula is C20H24F3NO4S2. The number of carboxylic acids is 1. The molecule has 0 aromatic carbocycles. The maximum Gasteiger partial charge on any atom is 0.355 e. The van der Waals surface area contributed by atoms with Gasteiger partial charge in [0.05, 0.1) is 5.60 Å². The van der Waals surface area contributed by atoms with Gasteiger partial charge in [0.15, 0.2) is 15.9 Å². The Bertz CT molecular complexity index is 819. The van der Waals surface area contributed by atoms with Gasteiger partial charge in [0.25, 0.3) is 0 Å². The second-order valence-electron chi connectivity index (χ2n) is 7.51. The lowest BCUT2D eigenvalue weighted by molar-refractivity contribution is -0.121. The van der Waals surface area contributed by atoms with Crippen LogP contribution in [0.5, 0.6) is 0 Å². The summed E-state index contributed by atoms with van der Waals surface area (Å²) in [6.07, 6.45) is 2.59. The van der Waals surface area contributed by atoms with E-state index in [9.17, 15) is 27.9 Å². The summed E-state index contributed by atoms with van der Waals surface area (Å²) >= 11 is 2.67. The topological polar surface area (TPSA) is 87.5 Å². The molecule has 0 radical (unpaired) electrons.